The molecule has 0 spiro atoms. The van der Waals surface area contributed by atoms with Crippen molar-refractivity contribution in [3.8, 4) is 0 Å². The minimum Gasteiger partial charge on any atom is -0.353 e. The lowest BCUT2D eigenvalue weighted by Gasteiger charge is -2.40. The Bertz CT molecular complexity index is 948. The molecule has 3 aliphatic heterocycles. The molecule has 1 aromatic carbocycles. The largest absolute Gasteiger partial charge is 0.353 e. The van der Waals surface area contributed by atoms with Gasteiger partial charge in [0, 0.05) is 22.2 Å². The molecule has 2 fully saturated rings. The molecule has 2 saturated heterocycles. The number of allylic oxidation sites excluding steroid dienone is 1. The van der Waals surface area contributed by atoms with E-state index in [1.807, 2.05) is 72.7 Å². The first-order chi connectivity index (χ1) is 13.4. The maximum absolute atomic E-state index is 13.6. The highest BCUT2D eigenvalue weighted by atomic mass is 16.2. The molecule has 0 unspecified atom stereocenters. The highest BCUT2D eigenvalue weighted by Gasteiger charge is 2.66. The average Bonchev–Trinajstić information content (AvgIpc) is 3.07. The zero-order valence-electron chi connectivity index (χ0n) is 18.3. The van der Waals surface area contributed by atoms with Crippen molar-refractivity contribution in [2.45, 2.75) is 66.1 Å². The number of amides is 2. The molecule has 0 saturated carbocycles. The van der Waals surface area contributed by atoms with Crippen LogP contribution in [0, 0.1) is 17.3 Å². The molecule has 0 radical (unpaired) electrons. The van der Waals surface area contributed by atoms with Crippen LogP contribution in [-0.2, 0) is 14.4 Å². The smallest absolute Gasteiger partial charge is 0.236 e. The molecule has 5 heteroatoms. The van der Waals surface area contributed by atoms with Gasteiger partial charge in [-0.25, -0.2) is 0 Å². The summed E-state index contributed by atoms with van der Waals surface area (Å²) in [6.07, 6.45) is 2.08. The Kier molecular flexibility index (Phi) is 4.14. The summed E-state index contributed by atoms with van der Waals surface area (Å²) in [6, 6.07) is 7.04. The first-order valence-electron chi connectivity index (χ1n) is 10.3. The summed E-state index contributed by atoms with van der Waals surface area (Å²) < 4.78 is 0. The van der Waals surface area contributed by atoms with E-state index in [0.717, 1.165) is 16.8 Å². The lowest BCUT2D eigenvalue weighted by Crippen LogP contribution is -2.54. The van der Waals surface area contributed by atoms with Crippen LogP contribution in [0.2, 0.25) is 0 Å². The number of hydrogen-bond acceptors (Lipinski definition) is 4. The van der Waals surface area contributed by atoms with Crippen molar-refractivity contribution in [3.63, 3.8) is 0 Å². The molecule has 154 valence electrons. The van der Waals surface area contributed by atoms with Gasteiger partial charge in [0.15, 0.2) is 5.78 Å². The number of rotatable bonds is 1. The summed E-state index contributed by atoms with van der Waals surface area (Å²) in [5.41, 5.74) is 1.86. The number of Topliss-reactive ketones (excluding diaryl/α,β-unsaturated/α-hetero) is 1. The lowest BCUT2D eigenvalue weighted by atomic mass is 9.79. The van der Waals surface area contributed by atoms with Crippen molar-refractivity contribution in [3.05, 3.63) is 35.9 Å². The number of carbonyl (C=O) groups excluding carboxylic acids is 3. The van der Waals surface area contributed by atoms with Crippen molar-refractivity contribution in [2.75, 3.05) is 4.90 Å². The number of nitrogens with zero attached hydrogens (tertiary/aromatic N) is 2. The summed E-state index contributed by atoms with van der Waals surface area (Å²) in [4.78, 5) is 44.1. The molecule has 3 aliphatic rings. The Hall–Kier alpha value is -2.43. The summed E-state index contributed by atoms with van der Waals surface area (Å²) >= 11 is 0. The highest BCUT2D eigenvalue weighted by molar-refractivity contribution is 6.12. The molecule has 0 bridgehead atoms. The summed E-state index contributed by atoms with van der Waals surface area (Å²) in [7, 11) is 0. The fourth-order valence-corrected chi connectivity index (χ4v) is 5.20. The van der Waals surface area contributed by atoms with Crippen LogP contribution in [0.3, 0.4) is 0 Å². The monoisotopic (exact) mass is 394 g/mol. The first-order valence-corrected chi connectivity index (χ1v) is 10.3. The maximum atomic E-state index is 13.6. The van der Waals surface area contributed by atoms with Gasteiger partial charge in [-0.1, -0.05) is 45.0 Å². The highest BCUT2D eigenvalue weighted by Crippen LogP contribution is 2.51. The Labute approximate surface area is 172 Å². The Morgan fingerprint density at radius 1 is 0.931 bits per heavy atom. The molecule has 1 aromatic rings. The first kappa shape index (κ1) is 19.9. The van der Waals surface area contributed by atoms with Gasteiger partial charge in [0.25, 0.3) is 0 Å². The number of ketones is 1. The van der Waals surface area contributed by atoms with Gasteiger partial charge < -0.3 is 4.90 Å². The average molecular weight is 395 g/mol. The van der Waals surface area contributed by atoms with E-state index >= 15 is 0 Å². The van der Waals surface area contributed by atoms with E-state index in [-0.39, 0.29) is 23.6 Å². The van der Waals surface area contributed by atoms with Crippen LogP contribution in [0.25, 0.3) is 5.57 Å². The van der Waals surface area contributed by atoms with Gasteiger partial charge in [0.05, 0.1) is 17.9 Å². The molecule has 2 amide bonds. The van der Waals surface area contributed by atoms with Gasteiger partial charge in [-0.15, -0.1) is 0 Å². The lowest BCUT2D eigenvalue weighted by molar-refractivity contribution is -0.146. The number of imide groups is 1. The number of carbonyl (C=O) groups is 3. The molecule has 0 aliphatic carbocycles. The number of fused-ring (bicyclic) bond motifs is 5. The van der Waals surface area contributed by atoms with Crippen molar-refractivity contribution >= 4 is 28.9 Å². The van der Waals surface area contributed by atoms with Crippen LogP contribution in [0.4, 0.5) is 5.69 Å². The zero-order chi connectivity index (χ0) is 21.5. The minimum absolute atomic E-state index is 0.00895. The third-order valence-electron chi connectivity index (χ3n) is 6.43. The fraction of sp³-hybridized carbons (Fsp3) is 0.542. The molecule has 29 heavy (non-hydrogen) atoms. The number of benzene rings is 1. The van der Waals surface area contributed by atoms with Gasteiger partial charge in [0.1, 0.15) is 6.04 Å². The van der Waals surface area contributed by atoms with E-state index in [1.54, 1.807) is 0 Å². The van der Waals surface area contributed by atoms with E-state index in [1.165, 1.54) is 4.90 Å². The third-order valence-corrected chi connectivity index (χ3v) is 6.43. The number of anilines is 1. The van der Waals surface area contributed by atoms with Crippen LogP contribution >= 0.6 is 0 Å². The van der Waals surface area contributed by atoms with Gasteiger partial charge in [-0.2, -0.15) is 0 Å². The Morgan fingerprint density at radius 3 is 2.10 bits per heavy atom. The molecule has 3 heterocycles. The van der Waals surface area contributed by atoms with Crippen LogP contribution < -0.4 is 4.90 Å². The van der Waals surface area contributed by atoms with E-state index in [0.29, 0.717) is 0 Å². The second-order valence-corrected chi connectivity index (χ2v) is 10.6. The van der Waals surface area contributed by atoms with Crippen LogP contribution in [0.1, 0.15) is 54.0 Å². The van der Waals surface area contributed by atoms with Crippen molar-refractivity contribution in [2.24, 2.45) is 17.3 Å². The van der Waals surface area contributed by atoms with E-state index < -0.39 is 28.8 Å². The SMILES string of the molecule is CC1=C[C@@H]2[C@@H]3C(=O)N(C(C)(C)C)C(=O)[C@@H]3[C@H](C(=O)C(C)(C)C)N2c2ccccc21. The molecule has 4 rings (SSSR count). The van der Waals surface area contributed by atoms with Crippen LogP contribution in [0.5, 0.6) is 0 Å². The molecule has 0 N–H and O–H groups in total. The third kappa shape index (κ3) is 2.70. The standard InChI is InChI=1S/C24H30N2O3/c1-13-12-16-17-18(22(29)26(21(17)28)24(5,6)7)19(20(27)23(2,3)4)25(16)15-11-9-8-10-14(13)15/h8-12,16-19H,1-7H3/t16-,17+,18+,19-/m1/s1. The molecular formula is C24H30N2O3. The van der Waals surface area contributed by atoms with Crippen molar-refractivity contribution < 1.29 is 14.4 Å². The van der Waals surface area contributed by atoms with Crippen molar-refractivity contribution in [1.82, 2.24) is 4.90 Å². The van der Waals surface area contributed by atoms with Crippen LogP contribution in [-0.4, -0.2) is 40.1 Å². The van der Waals surface area contributed by atoms with Gasteiger partial charge in [-0.3, -0.25) is 19.3 Å². The van der Waals surface area contributed by atoms with Crippen LogP contribution in [0.15, 0.2) is 30.3 Å². The Balaban J connectivity index is 1.93. The van der Waals surface area contributed by atoms with Gasteiger partial charge in [0.2, 0.25) is 11.8 Å². The second-order valence-electron chi connectivity index (χ2n) is 10.6. The van der Waals surface area contributed by atoms with Gasteiger partial charge >= 0.3 is 0 Å². The second kappa shape index (κ2) is 6.04. The minimum atomic E-state index is -0.645. The summed E-state index contributed by atoms with van der Waals surface area (Å²) in [5.74, 6) is -1.53. The molecule has 0 aromatic heterocycles. The number of hydrogen-bond donors (Lipinski definition) is 0. The normalized spacial score (nSPS) is 28.9. The quantitative estimate of drug-likeness (QED) is 0.682. The topological polar surface area (TPSA) is 57.7 Å². The van der Waals surface area contributed by atoms with Crippen molar-refractivity contribution in [1.29, 1.82) is 0 Å². The predicted molar refractivity (Wildman–Crippen MR) is 113 cm³/mol. The molecule has 4 atom stereocenters. The maximum Gasteiger partial charge on any atom is 0.236 e. The Morgan fingerprint density at radius 2 is 1.52 bits per heavy atom. The molecular weight excluding hydrogens is 364 g/mol. The van der Waals surface area contributed by atoms with E-state index in [4.69, 9.17) is 0 Å². The summed E-state index contributed by atoms with van der Waals surface area (Å²) in [5, 5.41) is 0. The molecule has 5 nitrogen and oxygen atoms in total. The predicted octanol–water partition coefficient (Wildman–Crippen LogP) is 3.68. The van der Waals surface area contributed by atoms with E-state index in [9.17, 15) is 14.4 Å². The number of likely N-dealkylation sites (tertiary alicyclic amines) is 1. The zero-order valence-corrected chi connectivity index (χ0v) is 18.3. The summed E-state index contributed by atoms with van der Waals surface area (Å²) in [6.45, 7) is 13.3. The van der Waals surface area contributed by atoms with Gasteiger partial charge in [-0.05, 0) is 39.3 Å². The fourth-order valence-electron chi connectivity index (χ4n) is 5.20. The van der Waals surface area contributed by atoms with E-state index in [2.05, 4.69) is 11.0 Å². The number of para-hydroxylation sites is 1.